The predicted octanol–water partition coefficient (Wildman–Crippen LogP) is 1.01. The van der Waals surface area contributed by atoms with Crippen molar-refractivity contribution in [3.63, 3.8) is 0 Å². The number of carbonyl (C=O) groups excluding carboxylic acids is 1. The molecule has 1 aliphatic rings. The third-order valence-corrected chi connectivity index (χ3v) is 6.25. The van der Waals surface area contributed by atoms with Gasteiger partial charge in [0.1, 0.15) is 0 Å². The highest BCUT2D eigenvalue weighted by atomic mass is 32.2. The van der Waals surface area contributed by atoms with Gasteiger partial charge in [-0.3, -0.25) is 4.79 Å². The summed E-state index contributed by atoms with van der Waals surface area (Å²) in [6, 6.07) is 4.88. The molecule has 9 heteroatoms. The second kappa shape index (κ2) is 8.00. The van der Waals surface area contributed by atoms with E-state index in [1.807, 2.05) is 11.8 Å². The van der Waals surface area contributed by atoms with Crippen molar-refractivity contribution in [2.45, 2.75) is 24.7 Å². The molecule has 1 aromatic carbocycles. The molecule has 1 aliphatic heterocycles. The number of amides is 1. The van der Waals surface area contributed by atoms with E-state index >= 15 is 0 Å². The van der Waals surface area contributed by atoms with Gasteiger partial charge in [0.15, 0.2) is 9.84 Å². The average molecular weight is 407 g/mol. The highest BCUT2D eigenvalue weighted by Crippen LogP contribution is 2.26. The van der Waals surface area contributed by atoms with Gasteiger partial charge in [0.05, 0.1) is 28.6 Å². The van der Waals surface area contributed by atoms with Crippen LogP contribution in [0.2, 0.25) is 0 Å². The third-order valence-electron chi connectivity index (χ3n) is 5.14. The van der Waals surface area contributed by atoms with Crippen molar-refractivity contribution in [2.24, 2.45) is 5.92 Å². The molecule has 1 N–H and O–H groups in total. The van der Waals surface area contributed by atoms with Crippen molar-refractivity contribution in [1.82, 2.24) is 14.9 Å². The van der Waals surface area contributed by atoms with E-state index in [1.165, 1.54) is 6.26 Å². The summed E-state index contributed by atoms with van der Waals surface area (Å²) in [6.45, 7) is 3.37. The van der Waals surface area contributed by atoms with Crippen molar-refractivity contribution < 1.29 is 18.3 Å². The number of hydrogen-bond acceptors (Lipinski definition) is 7. The molecule has 1 aromatic heterocycles. The van der Waals surface area contributed by atoms with Crippen LogP contribution in [-0.4, -0.2) is 73.8 Å². The van der Waals surface area contributed by atoms with Gasteiger partial charge >= 0.3 is 0 Å². The number of piperidine rings is 1. The van der Waals surface area contributed by atoms with E-state index in [9.17, 15) is 13.2 Å². The van der Waals surface area contributed by atoms with Crippen LogP contribution in [0.1, 0.15) is 18.5 Å². The van der Waals surface area contributed by atoms with Gasteiger partial charge in [-0.25, -0.2) is 18.4 Å². The van der Waals surface area contributed by atoms with E-state index in [-0.39, 0.29) is 23.3 Å². The fourth-order valence-electron chi connectivity index (χ4n) is 3.56. The van der Waals surface area contributed by atoms with E-state index in [2.05, 4.69) is 9.97 Å². The summed E-state index contributed by atoms with van der Waals surface area (Å²) in [7, 11) is -1.63. The van der Waals surface area contributed by atoms with Crippen LogP contribution in [0, 0.1) is 12.8 Å². The van der Waals surface area contributed by atoms with Crippen LogP contribution in [0.25, 0.3) is 10.9 Å². The zero-order chi connectivity index (χ0) is 20.5. The summed E-state index contributed by atoms with van der Waals surface area (Å²) in [4.78, 5) is 25.5. The first kappa shape index (κ1) is 20.5. The molecule has 1 fully saturated rings. The number of nitrogens with zero attached hydrogens (tertiary/aromatic N) is 4. The van der Waals surface area contributed by atoms with Gasteiger partial charge in [-0.15, -0.1) is 0 Å². The number of benzene rings is 1. The second-order valence-corrected chi connectivity index (χ2v) is 9.34. The van der Waals surface area contributed by atoms with Gasteiger partial charge in [-0.2, -0.15) is 0 Å². The van der Waals surface area contributed by atoms with Crippen LogP contribution in [0.3, 0.4) is 0 Å². The lowest BCUT2D eigenvalue weighted by atomic mass is 9.97. The Hall–Kier alpha value is -2.26. The van der Waals surface area contributed by atoms with Gasteiger partial charge in [-0.05, 0) is 38.0 Å². The summed E-state index contributed by atoms with van der Waals surface area (Å²) in [5.41, 5.74) is 1.35. The first-order valence-electron chi connectivity index (χ1n) is 9.30. The highest BCUT2D eigenvalue weighted by molar-refractivity contribution is 7.90. The zero-order valence-electron chi connectivity index (χ0n) is 16.4. The van der Waals surface area contributed by atoms with Gasteiger partial charge in [0.2, 0.25) is 11.9 Å². The van der Waals surface area contributed by atoms with E-state index in [0.717, 1.165) is 30.5 Å². The molecule has 0 aliphatic carbocycles. The normalized spacial score (nSPS) is 17.7. The van der Waals surface area contributed by atoms with Crippen LogP contribution < -0.4 is 4.90 Å². The first-order chi connectivity index (χ1) is 13.2. The lowest BCUT2D eigenvalue weighted by molar-refractivity contribution is -0.134. The van der Waals surface area contributed by atoms with E-state index < -0.39 is 9.84 Å². The summed E-state index contributed by atoms with van der Waals surface area (Å²) >= 11 is 0. The van der Waals surface area contributed by atoms with E-state index in [0.29, 0.717) is 24.6 Å². The predicted molar refractivity (Wildman–Crippen MR) is 107 cm³/mol. The summed E-state index contributed by atoms with van der Waals surface area (Å²) in [5.74, 6) is 0.348. The quantitative estimate of drug-likeness (QED) is 0.790. The van der Waals surface area contributed by atoms with Crippen LogP contribution in [0.4, 0.5) is 5.95 Å². The standard InChI is InChI=1S/C19H26N4O4S/c1-13-16-7-6-15(28(3,26)27)11-17(16)21-19(20-13)23-8-4-5-14(12-23)18(25)22(2)9-10-24/h6-7,11,14,24H,4-5,8-10,12H2,1-3H3. The Morgan fingerprint density at radius 2 is 2.11 bits per heavy atom. The highest BCUT2D eigenvalue weighted by Gasteiger charge is 2.29. The average Bonchev–Trinajstić information content (AvgIpc) is 2.66. The minimum absolute atomic E-state index is 0.00984. The van der Waals surface area contributed by atoms with Crippen molar-refractivity contribution in [3.05, 3.63) is 23.9 Å². The van der Waals surface area contributed by atoms with Crippen molar-refractivity contribution >= 4 is 32.6 Å². The Morgan fingerprint density at radius 1 is 1.36 bits per heavy atom. The number of anilines is 1. The molecular weight excluding hydrogens is 380 g/mol. The number of carbonyl (C=O) groups is 1. The molecular formula is C19H26N4O4S. The monoisotopic (exact) mass is 406 g/mol. The molecule has 1 unspecified atom stereocenters. The van der Waals surface area contributed by atoms with Crippen molar-refractivity contribution in [3.8, 4) is 0 Å². The van der Waals surface area contributed by atoms with Crippen LogP contribution in [0.15, 0.2) is 23.1 Å². The number of aliphatic hydroxyl groups excluding tert-OH is 1. The smallest absolute Gasteiger partial charge is 0.227 e. The SMILES string of the molecule is Cc1nc(N2CCCC(C(=O)N(C)CCO)C2)nc2cc(S(C)(=O)=O)ccc12. The largest absolute Gasteiger partial charge is 0.395 e. The summed E-state index contributed by atoms with van der Waals surface area (Å²) in [5, 5.41) is 9.87. The minimum Gasteiger partial charge on any atom is -0.395 e. The number of likely N-dealkylation sites (N-methyl/N-ethyl adjacent to an activating group) is 1. The minimum atomic E-state index is -3.32. The first-order valence-corrected chi connectivity index (χ1v) is 11.2. The number of hydrogen-bond donors (Lipinski definition) is 1. The van der Waals surface area contributed by atoms with Crippen molar-refractivity contribution in [2.75, 3.05) is 44.4 Å². The van der Waals surface area contributed by atoms with Crippen LogP contribution >= 0.6 is 0 Å². The van der Waals surface area contributed by atoms with E-state index in [4.69, 9.17) is 5.11 Å². The van der Waals surface area contributed by atoms with Crippen LogP contribution in [0.5, 0.6) is 0 Å². The van der Waals surface area contributed by atoms with Gasteiger partial charge in [0, 0.05) is 38.3 Å². The maximum Gasteiger partial charge on any atom is 0.227 e. The molecule has 0 radical (unpaired) electrons. The Kier molecular flexibility index (Phi) is 5.85. The molecule has 0 bridgehead atoms. The number of sulfone groups is 1. The molecule has 1 amide bonds. The summed E-state index contributed by atoms with van der Waals surface area (Å²) < 4.78 is 23.7. The molecule has 2 heterocycles. The molecule has 0 spiro atoms. The lowest BCUT2D eigenvalue weighted by Crippen LogP contribution is -2.45. The molecule has 1 atom stereocenters. The third kappa shape index (κ3) is 4.25. The number of fused-ring (bicyclic) bond motifs is 1. The number of aliphatic hydroxyl groups is 1. The van der Waals surface area contributed by atoms with E-state index in [1.54, 1.807) is 30.1 Å². The molecule has 2 aromatic rings. The maximum absolute atomic E-state index is 12.6. The molecule has 1 saturated heterocycles. The fourth-order valence-corrected chi connectivity index (χ4v) is 4.20. The van der Waals surface area contributed by atoms with Gasteiger partial charge < -0.3 is 14.9 Å². The van der Waals surface area contributed by atoms with Gasteiger partial charge in [-0.1, -0.05) is 0 Å². The molecule has 28 heavy (non-hydrogen) atoms. The number of aryl methyl sites for hydroxylation is 1. The number of aromatic nitrogens is 2. The molecule has 152 valence electrons. The number of rotatable bonds is 5. The van der Waals surface area contributed by atoms with Crippen LogP contribution in [-0.2, 0) is 14.6 Å². The zero-order valence-corrected chi connectivity index (χ0v) is 17.2. The Morgan fingerprint density at radius 3 is 2.79 bits per heavy atom. The Balaban J connectivity index is 1.91. The lowest BCUT2D eigenvalue weighted by Gasteiger charge is -2.34. The van der Waals surface area contributed by atoms with Crippen molar-refractivity contribution in [1.29, 1.82) is 0 Å². The molecule has 0 saturated carbocycles. The molecule has 8 nitrogen and oxygen atoms in total. The topological polar surface area (TPSA) is 104 Å². The summed E-state index contributed by atoms with van der Waals surface area (Å²) in [6.07, 6.45) is 2.80. The van der Waals surface area contributed by atoms with Gasteiger partial charge in [0.25, 0.3) is 0 Å². The molecule has 3 rings (SSSR count). The Labute approximate surface area is 165 Å². The Bertz CT molecular complexity index is 993. The maximum atomic E-state index is 12.6. The second-order valence-electron chi connectivity index (χ2n) is 7.33. The fraction of sp³-hybridized carbons (Fsp3) is 0.526.